The molecule has 0 bridgehead atoms. The Balaban J connectivity index is 2.77. The van der Waals surface area contributed by atoms with Gasteiger partial charge in [0.1, 0.15) is 11.8 Å². The van der Waals surface area contributed by atoms with Crippen LogP contribution in [-0.2, 0) is 4.79 Å². The Hall–Kier alpha value is -1.76. The maximum Gasteiger partial charge on any atom is 0.573 e. The molecule has 0 aliphatic carbocycles. The fourth-order valence-corrected chi connectivity index (χ4v) is 1.89. The summed E-state index contributed by atoms with van der Waals surface area (Å²) in [5.74, 6) is -1.53. The molecule has 0 aromatic heterocycles. The Labute approximate surface area is 114 Å². The van der Waals surface area contributed by atoms with Crippen molar-refractivity contribution in [3.63, 3.8) is 0 Å². The van der Waals surface area contributed by atoms with Gasteiger partial charge in [0, 0.05) is 0 Å². The average Bonchev–Trinajstić information content (AvgIpc) is 2.34. The molecule has 3 N–H and O–H groups in total. The van der Waals surface area contributed by atoms with E-state index in [1.807, 2.05) is 6.92 Å². The van der Waals surface area contributed by atoms with Crippen LogP contribution in [0.25, 0.3) is 0 Å². The van der Waals surface area contributed by atoms with E-state index in [0.717, 1.165) is 5.56 Å². The van der Waals surface area contributed by atoms with Crippen molar-refractivity contribution in [1.29, 1.82) is 0 Å². The number of carboxylic acid groups (broad SMARTS) is 1. The van der Waals surface area contributed by atoms with Crippen molar-refractivity contribution < 1.29 is 27.8 Å². The van der Waals surface area contributed by atoms with Gasteiger partial charge in [-0.05, 0) is 36.5 Å². The Morgan fingerprint density at radius 3 is 2.30 bits per heavy atom. The highest BCUT2D eigenvalue weighted by Gasteiger charge is 2.31. The highest BCUT2D eigenvalue weighted by Crippen LogP contribution is 2.28. The topological polar surface area (TPSA) is 72.6 Å². The highest BCUT2D eigenvalue weighted by atomic mass is 19.4. The molecule has 112 valence electrons. The number of alkyl halides is 3. The molecule has 0 aliphatic rings. The van der Waals surface area contributed by atoms with E-state index in [9.17, 15) is 18.0 Å². The molecular weight excluding hydrogens is 275 g/mol. The van der Waals surface area contributed by atoms with Gasteiger partial charge in [-0.1, -0.05) is 19.1 Å². The first kappa shape index (κ1) is 16.3. The van der Waals surface area contributed by atoms with E-state index in [2.05, 4.69) is 4.74 Å². The maximum atomic E-state index is 12.0. The number of carboxylic acids is 1. The van der Waals surface area contributed by atoms with Crippen LogP contribution in [0.15, 0.2) is 24.3 Å². The van der Waals surface area contributed by atoms with Crippen molar-refractivity contribution in [2.75, 3.05) is 0 Å². The summed E-state index contributed by atoms with van der Waals surface area (Å²) in [6.07, 6.45) is -3.86. The van der Waals surface area contributed by atoms with Crippen LogP contribution in [-0.4, -0.2) is 23.5 Å². The number of hydrogen-bond donors (Lipinski definition) is 2. The first-order chi connectivity index (χ1) is 9.23. The summed E-state index contributed by atoms with van der Waals surface area (Å²) in [6, 6.07) is 4.40. The molecule has 7 heteroatoms. The Morgan fingerprint density at radius 1 is 1.35 bits per heavy atom. The molecule has 1 rings (SSSR count). The van der Waals surface area contributed by atoms with Crippen LogP contribution in [0.5, 0.6) is 5.75 Å². The number of benzene rings is 1. The minimum Gasteiger partial charge on any atom is -0.480 e. The summed E-state index contributed by atoms with van der Waals surface area (Å²) in [5, 5.41) is 8.78. The highest BCUT2D eigenvalue weighted by molar-refractivity contribution is 5.73. The van der Waals surface area contributed by atoms with Crippen LogP contribution in [0.2, 0.25) is 0 Å². The normalized spacial score (nSPS) is 14.7. The van der Waals surface area contributed by atoms with Gasteiger partial charge < -0.3 is 15.6 Å². The van der Waals surface area contributed by atoms with E-state index in [0.29, 0.717) is 6.42 Å². The summed E-state index contributed by atoms with van der Waals surface area (Å²) in [4.78, 5) is 10.7. The zero-order chi connectivity index (χ0) is 15.3. The smallest absolute Gasteiger partial charge is 0.480 e. The van der Waals surface area contributed by atoms with Crippen LogP contribution in [0, 0.1) is 0 Å². The second kappa shape index (κ2) is 6.60. The number of carbonyl (C=O) groups is 1. The third-order valence-corrected chi connectivity index (χ3v) is 2.93. The summed E-state index contributed by atoms with van der Waals surface area (Å²) in [6.45, 7) is 1.86. The Kier molecular flexibility index (Phi) is 5.38. The SMILES string of the molecule is CCC(CC(N)C(=O)O)c1ccc(OC(F)(F)F)cc1. The predicted octanol–water partition coefficient (Wildman–Crippen LogP) is 2.88. The van der Waals surface area contributed by atoms with Crippen LogP contribution in [0.1, 0.15) is 31.2 Å². The van der Waals surface area contributed by atoms with Gasteiger partial charge in [0.05, 0.1) is 0 Å². The van der Waals surface area contributed by atoms with Crippen molar-refractivity contribution in [1.82, 2.24) is 0 Å². The molecule has 0 saturated heterocycles. The maximum absolute atomic E-state index is 12.0. The number of aliphatic carboxylic acids is 1. The summed E-state index contributed by atoms with van der Waals surface area (Å²) >= 11 is 0. The van der Waals surface area contributed by atoms with Gasteiger partial charge in [-0.15, -0.1) is 13.2 Å². The van der Waals surface area contributed by atoms with E-state index in [4.69, 9.17) is 10.8 Å². The predicted molar refractivity (Wildman–Crippen MR) is 66.4 cm³/mol. The lowest BCUT2D eigenvalue weighted by Gasteiger charge is -2.18. The van der Waals surface area contributed by atoms with Crippen LogP contribution in [0.3, 0.4) is 0 Å². The van der Waals surface area contributed by atoms with E-state index < -0.39 is 18.4 Å². The monoisotopic (exact) mass is 291 g/mol. The minimum absolute atomic E-state index is 0.124. The van der Waals surface area contributed by atoms with Gasteiger partial charge >= 0.3 is 12.3 Å². The zero-order valence-electron chi connectivity index (χ0n) is 10.9. The molecule has 0 amide bonds. The molecule has 4 nitrogen and oxygen atoms in total. The standard InChI is InChI=1S/C13H16F3NO3/c1-2-8(7-11(17)12(18)19)9-3-5-10(6-4-9)20-13(14,15)16/h3-6,8,11H,2,7,17H2,1H3,(H,18,19). The number of halogens is 3. The fourth-order valence-electron chi connectivity index (χ4n) is 1.89. The second-order valence-corrected chi connectivity index (χ2v) is 4.40. The van der Waals surface area contributed by atoms with Crippen molar-refractivity contribution in [2.24, 2.45) is 5.73 Å². The third kappa shape index (κ3) is 5.08. The Bertz CT molecular complexity index is 445. The second-order valence-electron chi connectivity index (χ2n) is 4.40. The van der Waals surface area contributed by atoms with Gasteiger partial charge in [-0.2, -0.15) is 0 Å². The minimum atomic E-state index is -4.72. The lowest BCUT2D eigenvalue weighted by molar-refractivity contribution is -0.274. The number of hydrogen-bond acceptors (Lipinski definition) is 3. The lowest BCUT2D eigenvalue weighted by atomic mass is 9.90. The third-order valence-electron chi connectivity index (χ3n) is 2.93. The fraction of sp³-hybridized carbons (Fsp3) is 0.462. The van der Waals surface area contributed by atoms with Gasteiger partial charge in [0.25, 0.3) is 0 Å². The molecule has 0 radical (unpaired) electrons. The summed E-state index contributed by atoms with van der Waals surface area (Å²) in [5.41, 5.74) is 6.21. The van der Waals surface area contributed by atoms with Crippen molar-refractivity contribution in [3.8, 4) is 5.75 Å². The van der Waals surface area contributed by atoms with Crippen LogP contribution < -0.4 is 10.5 Å². The molecular formula is C13H16F3NO3. The molecule has 1 aromatic rings. The average molecular weight is 291 g/mol. The molecule has 0 fully saturated rings. The molecule has 20 heavy (non-hydrogen) atoms. The Morgan fingerprint density at radius 2 is 1.90 bits per heavy atom. The van der Waals surface area contributed by atoms with Gasteiger partial charge in [0.2, 0.25) is 0 Å². The van der Waals surface area contributed by atoms with Crippen molar-refractivity contribution >= 4 is 5.97 Å². The van der Waals surface area contributed by atoms with E-state index >= 15 is 0 Å². The first-order valence-corrected chi connectivity index (χ1v) is 6.07. The van der Waals surface area contributed by atoms with Gasteiger partial charge in [-0.3, -0.25) is 4.79 Å². The summed E-state index contributed by atoms with van der Waals surface area (Å²) in [7, 11) is 0. The van der Waals surface area contributed by atoms with Gasteiger partial charge in [0.15, 0.2) is 0 Å². The van der Waals surface area contributed by atoms with Gasteiger partial charge in [-0.25, -0.2) is 0 Å². The molecule has 1 aromatic carbocycles. The molecule has 0 heterocycles. The van der Waals surface area contributed by atoms with Crippen molar-refractivity contribution in [3.05, 3.63) is 29.8 Å². The van der Waals surface area contributed by atoms with E-state index in [1.54, 1.807) is 0 Å². The van der Waals surface area contributed by atoms with Crippen LogP contribution >= 0.6 is 0 Å². The zero-order valence-corrected chi connectivity index (χ0v) is 10.9. The first-order valence-electron chi connectivity index (χ1n) is 6.07. The molecule has 0 aliphatic heterocycles. The number of rotatable bonds is 6. The van der Waals surface area contributed by atoms with E-state index in [-0.39, 0.29) is 18.1 Å². The molecule has 2 unspecified atom stereocenters. The summed E-state index contributed by atoms with van der Waals surface area (Å²) < 4.78 is 39.8. The number of nitrogens with two attached hydrogens (primary N) is 1. The quantitative estimate of drug-likeness (QED) is 0.845. The molecule has 2 atom stereocenters. The van der Waals surface area contributed by atoms with Crippen LogP contribution in [0.4, 0.5) is 13.2 Å². The largest absolute Gasteiger partial charge is 0.573 e. The van der Waals surface area contributed by atoms with Crippen molar-refractivity contribution in [2.45, 2.75) is 38.1 Å². The van der Waals surface area contributed by atoms with E-state index in [1.165, 1.54) is 24.3 Å². The lowest BCUT2D eigenvalue weighted by Crippen LogP contribution is -2.31. The molecule has 0 spiro atoms. The number of ether oxygens (including phenoxy) is 1. The molecule has 0 saturated carbocycles.